The molecule has 1 aliphatic heterocycles. The molecule has 0 aromatic carbocycles. The highest BCUT2D eigenvalue weighted by molar-refractivity contribution is 5.74. The lowest BCUT2D eigenvalue weighted by Gasteiger charge is -2.28. The number of hydrogen-bond donors (Lipinski definition) is 1. The minimum atomic E-state index is -0.200. The molecular formula is C17H24N6O3. The highest BCUT2D eigenvalue weighted by atomic mass is 16.5. The van der Waals surface area contributed by atoms with Crippen LogP contribution in [0, 0.1) is 11.8 Å². The number of imidazole rings is 1. The largest absolute Gasteiger partial charge is 0.462 e. The minimum Gasteiger partial charge on any atom is -0.462 e. The Morgan fingerprint density at radius 2 is 2.00 bits per heavy atom. The van der Waals surface area contributed by atoms with Crippen molar-refractivity contribution in [2.45, 2.75) is 13.5 Å². The number of nitrogens with one attached hydrogen (secondary N) is 1. The van der Waals surface area contributed by atoms with Crippen LogP contribution in [0.3, 0.4) is 0 Å². The van der Waals surface area contributed by atoms with Crippen molar-refractivity contribution in [2.24, 2.45) is 7.05 Å². The van der Waals surface area contributed by atoms with E-state index in [9.17, 15) is 4.79 Å². The topological polar surface area (TPSA) is 86.4 Å². The normalized spacial score (nSPS) is 14.3. The van der Waals surface area contributed by atoms with Gasteiger partial charge in [0, 0.05) is 40.3 Å². The molecule has 9 nitrogen and oxygen atoms in total. The Morgan fingerprint density at radius 3 is 2.69 bits per heavy atom. The summed E-state index contributed by atoms with van der Waals surface area (Å²) in [6, 6.07) is 0.234. The van der Waals surface area contributed by atoms with Gasteiger partial charge in [-0.3, -0.25) is 13.9 Å². The van der Waals surface area contributed by atoms with Crippen LogP contribution in [0.2, 0.25) is 0 Å². The van der Waals surface area contributed by atoms with Crippen LogP contribution in [-0.4, -0.2) is 65.6 Å². The third-order valence-corrected chi connectivity index (χ3v) is 4.26. The lowest BCUT2D eigenvalue weighted by Crippen LogP contribution is -2.44. The lowest BCUT2D eigenvalue weighted by molar-refractivity contribution is 0.138. The smallest absolute Gasteiger partial charge is 0.301 e. The molecule has 26 heavy (non-hydrogen) atoms. The van der Waals surface area contributed by atoms with Crippen LogP contribution in [0.5, 0.6) is 6.01 Å². The summed E-state index contributed by atoms with van der Waals surface area (Å²) in [5.74, 6) is 6.64. The summed E-state index contributed by atoms with van der Waals surface area (Å²) in [7, 11) is 3.24. The maximum atomic E-state index is 12.9. The number of anilines is 1. The van der Waals surface area contributed by atoms with Crippen molar-refractivity contribution < 1.29 is 9.47 Å². The average molecular weight is 360 g/mol. The Bertz CT molecular complexity index is 886. The van der Waals surface area contributed by atoms with Crippen molar-refractivity contribution in [3.63, 3.8) is 0 Å². The minimum absolute atomic E-state index is 0.200. The molecular weight excluding hydrogens is 336 g/mol. The molecule has 0 radical (unpaired) electrons. The Hall–Kier alpha value is -2.57. The summed E-state index contributed by atoms with van der Waals surface area (Å²) in [6.07, 6.45) is 0. The van der Waals surface area contributed by atoms with E-state index in [0.29, 0.717) is 30.9 Å². The van der Waals surface area contributed by atoms with E-state index in [4.69, 9.17) is 9.47 Å². The molecule has 140 valence electrons. The molecule has 1 saturated heterocycles. The molecule has 3 rings (SSSR count). The molecule has 1 fully saturated rings. The molecule has 0 atom stereocenters. The zero-order valence-corrected chi connectivity index (χ0v) is 15.4. The molecule has 2 aromatic heterocycles. The zero-order chi connectivity index (χ0) is 18.5. The van der Waals surface area contributed by atoms with Crippen molar-refractivity contribution in [3.8, 4) is 17.9 Å². The molecule has 0 amide bonds. The van der Waals surface area contributed by atoms with Gasteiger partial charge in [0.25, 0.3) is 5.56 Å². The summed E-state index contributed by atoms with van der Waals surface area (Å²) in [5, 5.41) is 3.32. The molecule has 2 aromatic rings. The van der Waals surface area contributed by atoms with E-state index >= 15 is 0 Å². The van der Waals surface area contributed by atoms with Crippen LogP contribution in [-0.2, 0) is 18.3 Å². The highest BCUT2D eigenvalue weighted by Gasteiger charge is 2.23. The molecule has 3 heterocycles. The van der Waals surface area contributed by atoms with Gasteiger partial charge in [-0.05, 0) is 6.92 Å². The highest BCUT2D eigenvalue weighted by Crippen LogP contribution is 2.21. The number of piperazine rings is 1. The summed E-state index contributed by atoms with van der Waals surface area (Å²) < 4.78 is 13.8. The van der Waals surface area contributed by atoms with Gasteiger partial charge in [0.05, 0.1) is 13.2 Å². The van der Waals surface area contributed by atoms with Crippen molar-refractivity contribution in [2.75, 3.05) is 51.4 Å². The monoisotopic (exact) mass is 360 g/mol. The number of nitrogens with zero attached hydrogens (tertiary/aromatic N) is 5. The average Bonchev–Trinajstić information content (AvgIpc) is 3.03. The number of rotatable bonds is 6. The molecule has 1 aliphatic rings. The van der Waals surface area contributed by atoms with Crippen molar-refractivity contribution in [3.05, 3.63) is 10.4 Å². The Labute approximate surface area is 151 Å². The van der Waals surface area contributed by atoms with Gasteiger partial charge in [-0.2, -0.15) is 9.97 Å². The standard InChI is InChI=1S/C17H24N6O3/c1-4-5-8-23-13-14(19-16(23)22-9-6-18-7-10-22)20-17(21(2)15(13)24)26-12-11-25-3/h18H,6-12H2,1-3H3. The first-order chi connectivity index (χ1) is 12.7. The van der Waals surface area contributed by atoms with Gasteiger partial charge in [0.1, 0.15) is 6.61 Å². The third-order valence-electron chi connectivity index (χ3n) is 4.26. The van der Waals surface area contributed by atoms with E-state index in [1.54, 1.807) is 21.1 Å². The van der Waals surface area contributed by atoms with E-state index < -0.39 is 0 Å². The number of ether oxygens (including phenoxy) is 2. The number of methoxy groups -OCH3 is 1. The van der Waals surface area contributed by atoms with Crippen LogP contribution >= 0.6 is 0 Å². The first-order valence-electron chi connectivity index (χ1n) is 8.61. The van der Waals surface area contributed by atoms with E-state index in [2.05, 4.69) is 32.0 Å². The molecule has 0 aliphatic carbocycles. The van der Waals surface area contributed by atoms with Gasteiger partial charge in [-0.25, -0.2) is 0 Å². The molecule has 0 saturated carbocycles. The van der Waals surface area contributed by atoms with Crippen molar-refractivity contribution in [1.82, 2.24) is 24.4 Å². The van der Waals surface area contributed by atoms with Gasteiger partial charge in [0.2, 0.25) is 5.95 Å². The van der Waals surface area contributed by atoms with E-state index in [1.165, 1.54) is 4.57 Å². The molecule has 0 unspecified atom stereocenters. The maximum absolute atomic E-state index is 12.9. The van der Waals surface area contributed by atoms with Gasteiger partial charge in [-0.15, -0.1) is 5.92 Å². The summed E-state index contributed by atoms with van der Waals surface area (Å²) in [4.78, 5) is 24.2. The second-order valence-corrected chi connectivity index (χ2v) is 5.93. The molecule has 0 spiro atoms. The second kappa shape index (κ2) is 8.21. The van der Waals surface area contributed by atoms with Crippen LogP contribution in [0.4, 0.5) is 5.95 Å². The van der Waals surface area contributed by atoms with E-state index in [-0.39, 0.29) is 11.6 Å². The predicted octanol–water partition coefficient (Wildman–Crippen LogP) is -0.412. The first kappa shape index (κ1) is 18.2. The Kier molecular flexibility index (Phi) is 5.75. The number of hydrogen-bond acceptors (Lipinski definition) is 7. The van der Waals surface area contributed by atoms with E-state index in [1.807, 2.05) is 4.57 Å². The fourth-order valence-electron chi connectivity index (χ4n) is 2.89. The summed E-state index contributed by atoms with van der Waals surface area (Å²) in [6.45, 7) is 6.30. The zero-order valence-electron chi connectivity index (χ0n) is 15.4. The predicted molar refractivity (Wildman–Crippen MR) is 98.7 cm³/mol. The van der Waals surface area contributed by atoms with E-state index in [0.717, 1.165) is 32.1 Å². The first-order valence-corrected chi connectivity index (χ1v) is 8.61. The van der Waals surface area contributed by atoms with Gasteiger partial charge in [0.15, 0.2) is 11.2 Å². The Balaban J connectivity index is 2.09. The SMILES string of the molecule is CC#CCn1c(N2CCNCC2)nc2nc(OCCOC)n(C)c(=O)c21. The molecule has 9 heteroatoms. The summed E-state index contributed by atoms with van der Waals surface area (Å²) in [5.41, 5.74) is 0.629. The lowest BCUT2D eigenvalue weighted by atomic mass is 10.4. The fraction of sp³-hybridized carbons (Fsp3) is 0.588. The van der Waals surface area contributed by atoms with Gasteiger partial charge in [-0.1, -0.05) is 5.92 Å². The van der Waals surface area contributed by atoms with Crippen LogP contribution in [0.25, 0.3) is 11.2 Å². The number of aromatic nitrogens is 4. The number of fused-ring (bicyclic) bond motifs is 1. The third kappa shape index (κ3) is 3.52. The maximum Gasteiger partial charge on any atom is 0.301 e. The second-order valence-electron chi connectivity index (χ2n) is 5.93. The van der Waals surface area contributed by atoms with Crippen LogP contribution in [0.15, 0.2) is 4.79 Å². The quantitative estimate of drug-likeness (QED) is 0.553. The molecule has 1 N–H and O–H groups in total. The van der Waals surface area contributed by atoms with Gasteiger partial charge >= 0.3 is 6.01 Å². The van der Waals surface area contributed by atoms with Crippen LogP contribution in [0.1, 0.15) is 6.92 Å². The van der Waals surface area contributed by atoms with Crippen molar-refractivity contribution >= 4 is 17.1 Å². The van der Waals surface area contributed by atoms with Crippen LogP contribution < -0.4 is 20.5 Å². The fourth-order valence-corrected chi connectivity index (χ4v) is 2.89. The van der Waals surface area contributed by atoms with Crippen molar-refractivity contribution in [1.29, 1.82) is 0 Å². The molecule has 0 bridgehead atoms. The Morgan fingerprint density at radius 1 is 1.23 bits per heavy atom. The van der Waals surface area contributed by atoms with Gasteiger partial charge < -0.3 is 19.7 Å². The summed E-state index contributed by atoms with van der Waals surface area (Å²) >= 11 is 0.